The van der Waals surface area contributed by atoms with E-state index < -0.39 is 29.0 Å². The number of hydrogen-bond acceptors (Lipinski definition) is 3. The molecule has 1 aromatic heterocycles. The lowest BCUT2D eigenvalue weighted by Gasteiger charge is -2.01. The maximum Gasteiger partial charge on any atom is 0.357 e. The van der Waals surface area contributed by atoms with E-state index in [0.29, 0.717) is 0 Å². The first-order valence-corrected chi connectivity index (χ1v) is 4.82. The molecule has 0 unspecified atom stereocenters. The highest BCUT2D eigenvalue weighted by molar-refractivity contribution is 6.00. The molecule has 0 atom stereocenters. The van der Waals surface area contributed by atoms with Gasteiger partial charge in [-0.05, 0) is 12.1 Å². The third kappa shape index (κ3) is 1.93. The summed E-state index contributed by atoms with van der Waals surface area (Å²) in [6.07, 6.45) is 0.962. The van der Waals surface area contributed by atoms with Crippen LogP contribution in [0.15, 0.2) is 30.5 Å². The molecule has 2 rings (SSSR count). The zero-order valence-corrected chi connectivity index (χ0v) is 8.87. The van der Waals surface area contributed by atoms with Crippen LogP contribution in [0, 0.1) is 5.82 Å². The molecule has 0 saturated heterocycles. The van der Waals surface area contributed by atoms with Gasteiger partial charge in [-0.1, -0.05) is 12.1 Å². The quantitative estimate of drug-likeness (QED) is 0.859. The van der Waals surface area contributed by atoms with Gasteiger partial charge in [-0.3, -0.25) is 0 Å². The molecule has 7 heteroatoms. The van der Waals surface area contributed by atoms with Gasteiger partial charge in [0.1, 0.15) is 17.1 Å². The van der Waals surface area contributed by atoms with Crippen LogP contribution in [-0.4, -0.2) is 31.9 Å². The monoisotopic (exact) mass is 250 g/mol. The van der Waals surface area contributed by atoms with E-state index in [4.69, 9.17) is 10.2 Å². The molecule has 0 aliphatic heterocycles. The number of hydrogen-bond donors (Lipinski definition) is 2. The van der Waals surface area contributed by atoms with Gasteiger partial charge in [0, 0.05) is 6.20 Å². The molecule has 0 saturated carbocycles. The van der Waals surface area contributed by atoms with Crippen LogP contribution in [0.5, 0.6) is 0 Å². The smallest absolute Gasteiger partial charge is 0.357 e. The molecule has 0 aliphatic carbocycles. The van der Waals surface area contributed by atoms with Gasteiger partial charge in [-0.15, -0.1) is 0 Å². The predicted octanol–water partition coefficient (Wildman–Crippen LogP) is 1.41. The Morgan fingerprint density at radius 2 is 1.83 bits per heavy atom. The number of carboxylic acid groups (broad SMARTS) is 2. The van der Waals surface area contributed by atoms with Gasteiger partial charge in [-0.2, -0.15) is 5.10 Å². The molecule has 0 fully saturated rings. The van der Waals surface area contributed by atoms with E-state index in [1.54, 1.807) is 0 Å². The molecule has 0 aliphatic rings. The topological polar surface area (TPSA) is 92.4 Å². The van der Waals surface area contributed by atoms with Crippen molar-refractivity contribution in [3.63, 3.8) is 0 Å². The highest BCUT2D eigenvalue weighted by Gasteiger charge is 2.22. The van der Waals surface area contributed by atoms with Crippen LogP contribution in [0.2, 0.25) is 0 Å². The molecule has 2 N–H and O–H groups in total. The molecule has 1 aromatic carbocycles. The number of carboxylic acids is 2. The summed E-state index contributed by atoms with van der Waals surface area (Å²) in [4.78, 5) is 21.7. The molecule has 0 amide bonds. The zero-order valence-electron chi connectivity index (χ0n) is 8.87. The Morgan fingerprint density at radius 1 is 1.17 bits per heavy atom. The van der Waals surface area contributed by atoms with Crippen LogP contribution in [0.3, 0.4) is 0 Å². The predicted molar refractivity (Wildman–Crippen MR) is 57.4 cm³/mol. The summed E-state index contributed by atoms with van der Waals surface area (Å²) < 4.78 is 14.4. The molecule has 1 heterocycles. The van der Waals surface area contributed by atoms with Gasteiger partial charge >= 0.3 is 11.9 Å². The Hall–Kier alpha value is -2.70. The maximum atomic E-state index is 13.5. The number of halogens is 1. The zero-order chi connectivity index (χ0) is 13.3. The van der Waals surface area contributed by atoms with Crippen molar-refractivity contribution in [1.29, 1.82) is 0 Å². The van der Waals surface area contributed by atoms with Crippen molar-refractivity contribution in [3.8, 4) is 5.69 Å². The van der Waals surface area contributed by atoms with Crippen molar-refractivity contribution in [2.45, 2.75) is 0 Å². The van der Waals surface area contributed by atoms with Crippen molar-refractivity contribution >= 4 is 11.9 Å². The van der Waals surface area contributed by atoms with Gasteiger partial charge in [0.15, 0.2) is 5.69 Å². The van der Waals surface area contributed by atoms with Crippen molar-refractivity contribution < 1.29 is 24.2 Å². The Balaban J connectivity index is 2.61. The summed E-state index contributed by atoms with van der Waals surface area (Å²) in [6, 6.07) is 5.51. The van der Waals surface area contributed by atoms with Crippen molar-refractivity contribution in [1.82, 2.24) is 9.78 Å². The summed E-state index contributed by atoms with van der Waals surface area (Å²) in [5.41, 5.74) is -1.15. The van der Waals surface area contributed by atoms with Crippen molar-refractivity contribution in [2.24, 2.45) is 0 Å². The lowest BCUT2D eigenvalue weighted by molar-refractivity contribution is 0.0648. The first kappa shape index (κ1) is 11.8. The Kier molecular flexibility index (Phi) is 2.80. The van der Waals surface area contributed by atoms with Crippen molar-refractivity contribution in [2.75, 3.05) is 0 Å². The van der Waals surface area contributed by atoms with E-state index in [1.807, 2.05) is 0 Å². The molecule has 2 aromatic rings. The summed E-state index contributed by atoms with van der Waals surface area (Å²) in [7, 11) is 0. The molecule has 0 bridgehead atoms. The SMILES string of the molecule is O=C(O)c1cn(-c2ccccc2F)nc1C(=O)O. The van der Waals surface area contributed by atoms with Gasteiger partial charge in [-0.25, -0.2) is 18.7 Å². The van der Waals surface area contributed by atoms with Gasteiger partial charge in [0.25, 0.3) is 0 Å². The number of aromatic nitrogens is 2. The largest absolute Gasteiger partial charge is 0.478 e. The van der Waals surface area contributed by atoms with E-state index >= 15 is 0 Å². The minimum Gasteiger partial charge on any atom is -0.478 e. The van der Waals surface area contributed by atoms with Crippen LogP contribution < -0.4 is 0 Å². The number of nitrogens with zero attached hydrogens (tertiary/aromatic N) is 2. The average Bonchev–Trinajstić information content (AvgIpc) is 2.74. The second kappa shape index (κ2) is 4.28. The summed E-state index contributed by atoms with van der Waals surface area (Å²) in [5, 5.41) is 21.2. The van der Waals surface area contributed by atoms with Crippen LogP contribution in [-0.2, 0) is 0 Å². The number of aromatic carboxylic acids is 2. The number of carbonyl (C=O) groups is 2. The van der Waals surface area contributed by atoms with Crippen molar-refractivity contribution in [3.05, 3.63) is 47.5 Å². The molecule has 0 radical (unpaired) electrons. The fraction of sp³-hybridized carbons (Fsp3) is 0. The molecule has 0 spiro atoms. The molecule has 6 nitrogen and oxygen atoms in total. The first-order chi connectivity index (χ1) is 8.50. The minimum atomic E-state index is -1.48. The summed E-state index contributed by atoms with van der Waals surface area (Å²) >= 11 is 0. The third-order valence-corrected chi connectivity index (χ3v) is 2.25. The second-order valence-corrected chi connectivity index (χ2v) is 3.40. The number of benzene rings is 1. The van der Waals surface area contributed by atoms with Crippen LogP contribution >= 0.6 is 0 Å². The molecular weight excluding hydrogens is 243 g/mol. The fourth-order valence-corrected chi connectivity index (χ4v) is 1.45. The summed E-state index contributed by atoms with van der Waals surface area (Å²) in [5.74, 6) is -3.55. The van der Waals surface area contributed by atoms with E-state index in [2.05, 4.69) is 5.10 Å². The highest BCUT2D eigenvalue weighted by atomic mass is 19.1. The minimum absolute atomic E-state index is 0.0208. The standard InChI is InChI=1S/C11H7FN2O4/c12-7-3-1-2-4-8(7)14-5-6(10(15)16)9(13-14)11(17)18/h1-5H,(H,15,16)(H,17,18). The lowest BCUT2D eigenvalue weighted by Crippen LogP contribution is -2.06. The second-order valence-electron chi connectivity index (χ2n) is 3.40. The Bertz CT molecular complexity index is 604. The maximum absolute atomic E-state index is 13.5. The van der Waals surface area contributed by atoms with Crippen LogP contribution in [0.1, 0.15) is 20.8 Å². The van der Waals surface area contributed by atoms with E-state index in [1.165, 1.54) is 18.2 Å². The summed E-state index contributed by atoms with van der Waals surface area (Å²) in [6.45, 7) is 0. The highest BCUT2D eigenvalue weighted by Crippen LogP contribution is 2.15. The third-order valence-electron chi connectivity index (χ3n) is 2.25. The average molecular weight is 250 g/mol. The molecule has 18 heavy (non-hydrogen) atoms. The molecular formula is C11H7FN2O4. The van der Waals surface area contributed by atoms with E-state index in [0.717, 1.165) is 16.9 Å². The van der Waals surface area contributed by atoms with E-state index in [9.17, 15) is 14.0 Å². The fourth-order valence-electron chi connectivity index (χ4n) is 1.45. The van der Waals surface area contributed by atoms with Crippen LogP contribution in [0.4, 0.5) is 4.39 Å². The number of para-hydroxylation sites is 1. The van der Waals surface area contributed by atoms with Gasteiger partial charge < -0.3 is 10.2 Å². The normalized spacial score (nSPS) is 10.3. The van der Waals surface area contributed by atoms with Crippen LogP contribution in [0.25, 0.3) is 5.69 Å². The van der Waals surface area contributed by atoms with Gasteiger partial charge in [0.2, 0.25) is 0 Å². The van der Waals surface area contributed by atoms with E-state index in [-0.39, 0.29) is 5.69 Å². The van der Waals surface area contributed by atoms with Gasteiger partial charge in [0.05, 0.1) is 0 Å². The Labute approximate surface area is 99.9 Å². The molecule has 92 valence electrons. The Morgan fingerprint density at radius 3 is 2.33 bits per heavy atom. The first-order valence-electron chi connectivity index (χ1n) is 4.82. The lowest BCUT2D eigenvalue weighted by atomic mass is 10.2. The number of rotatable bonds is 3.